The first-order valence-electron chi connectivity index (χ1n) is 6.40. The van der Waals surface area contributed by atoms with Crippen LogP contribution in [0.5, 0.6) is 0 Å². The minimum atomic E-state index is -0.215. The maximum Gasteiger partial charge on any atom is 0.0909 e. The summed E-state index contributed by atoms with van der Waals surface area (Å²) in [5, 5.41) is 12.3. The molecular formula is C14H22OS. The molecule has 0 amide bonds. The van der Waals surface area contributed by atoms with Crippen LogP contribution in [0.2, 0.25) is 0 Å². The highest BCUT2D eigenvalue weighted by molar-refractivity contribution is 7.10. The number of aliphatic hydroxyl groups excluding tert-OH is 1. The van der Waals surface area contributed by atoms with Gasteiger partial charge in [-0.25, -0.2) is 0 Å². The minimum Gasteiger partial charge on any atom is -0.387 e. The molecule has 1 heterocycles. The van der Waals surface area contributed by atoms with E-state index in [-0.39, 0.29) is 6.10 Å². The molecule has 1 aliphatic rings. The highest BCUT2D eigenvalue weighted by Crippen LogP contribution is 2.40. The lowest BCUT2D eigenvalue weighted by molar-refractivity contribution is 0.0694. The third-order valence-corrected chi connectivity index (χ3v) is 4.98. The summed E-state index contributed by atoms with van der Waals surface area (Å²) in [6, 6.07) is 4.09. The van der Waals surface area contributed by atoms with Gasteiger partial charge in [-0.3, -0.25) is 0 Å². The summed E-state index contributed by atoms with van der Waals surface area (Å²) in [7, 11) is 0. The Bertz CT molecular complexity index is 297. The Labute approximate surface area is 103 Å². The number of hydrogen-bond acceptors (Lipinski definition) is 2. The van der Waals surface area contributed by atoms with Crippen LogP contribution in [0, 0.1) is 17.8 Å². The lowest BCUT2D eigenvalue weighted by Crippen LogP contribution is -2.22. The number of hydrogen-bond donors (Lipinski definition) is 1. The standard InChI is InChI=1S/C14H22OS/c1-10(2)11-5-7-12(8-6-11)14(15)13-4-3-9-16-13/h3-4,9-12,14-15H,5-8H2,1-2H3. The number of thiophene rings is 1. The van der Waals surface area contributed by atoms with Crippen LogP contribution in [0.3, 0.4) is 0 Å². The Balaban J connectivity index is 1.89. The average Bonchev–Trinajstić information content (AvgIpc) is 2.81. The first-order valence-corrected chi connectivity index (χ1v) is 7.28. The van der Waals surface area contributed by atoms with Crippen LogP contribution in [0.15, 0.2) is 17.5 Å². The Morgan fingerprint density at radius 2 is 1.81 bits per heavy atom. The van der Waals surface area contributed by atoms with E-state index in [9.17, 15) is 5.11 Å². The number of aliphatic hydroxyl groups is 1. The molecule has 2 rings (SSSR count). The summed E-state index contributed by atoms with van der Waals surface area (Å²) in [5.41, 5.74) is 0. The predicted octanol–water partition coefficient (Wildman–Crippen LogP) is 4.24. The molecule has 0 saturated heterocycles. The summed E-state index contributed by atoms with van der Waals surface area (Å²) in [6.07, 6.45) is 4.77. The molecule has 0 bridgehead atoms. The molecule has 0 spiro atoms. The summed E-state index contributed by atoms with van der Waals surface area (Å²) in [4.78, 5) is 1.15. The summed E-state index contributed by atoms with van der Waals surface area (Å²) in [6.45, 7) is 4.64. The molecule has 1 unspecified atom stereocenters. The van der Waals surface area contributed by atoms with E-state index in [2.05, 4.69) is 25.3 Å². The second-order valence-corrected chi connectivity index (χ2v) is 6.36. The second kappa shape index (κ2) is 5.33. The van der Waals surface area contributed by atoms with Gasteiger partial charge in [0, 0.05) is 4.88 Å². The van der Waals surface area contributed by atoms with Gasteiger partial charge in [-0.15, -0.1) is 11.3 Å². The zero-order valence-electron chi connectivity index (χ0n) is 10.2. The summed E-state index contributed by atoms with van der Waals surface area (Å²) >= 11 is 1.68. The van der Waals surface area contributed by atoms with Crippen LogP contribution < -0.4 is 0 Å². The molecule has 0 radical (unpaired) electrons. The van der Waals surface area contributed by atoms with Gasteiger partial charge in [0.05, 0.1) is 6.10 Å². The van der Waals surface area contributed by atoms with Gasteiger partial charge in [0.25, 0.3) is 0 Å². The smallest absolute Gasteiger partial charge is 0.0909 e. The molecule has 1 N–H and O–H groups in total. The van der Waals surface area contributed by atoms with Gasteiger partial charge in [-0.1, -0.05) is 19.9 Å². The van der Waals surface area contributed by atoms with Crippen LogP contribution in [-0.4, -0.2) is 5.11 Å². The van der Waals surface area contributed by atoms with Crippen molar-refractivity contribution in [2.45, 2.75) is 45.6 Å². The van der Waals surface area contributed by atoms with Crippen molar-refractivity contribution in [3.63, 3.8) is 0 Å². The molecule has 16 heavy (non-hydrogen) atoms. The van der Waals surface area contributed by atoms with E-state index in [1.54, 1.807) is 11.3 Å². The Kier molecular flexibility index (Phi) is 4.04. The quantitative estimate of drug-likeness (QED) is 0.835. The van der Waals surface area contributed by atoms with Gasteiger partial charge in [0.2, 0.25) is 0 Å². The molecule has 0 aliphatic heterocycles. The fourth-order valence-corrected chi connectivity index (χ4v) is 3.62. The molecule has 1 saturated carbocycles. The van der Waals surface area contributed by atoms with E-state index in [0.717, 1.165) is 16.7 Å². The highest BCUT2D eigenvalue weighted by atomic mass is 32.1. The summed E-state index contributed by atoms with van der Waals surface area (Å²) in [5.74, 6) is 2.18. The van der Waals surface area contributed by atoms with Gasteiger partial charge in [-0.05, 0) is 54.9 Å². The van der Waals surface area contributed by atoms with Crippen molar-refractivity contribution in [1.29, 1.82) is 0 Å². The van der Waals surface area contributed by atoms with Crippen molar-refractivity contribution in [1.82, 2.24) is 0 Å². The first kappa shape index (κ1) is 12.1. The van der Waals surface area contributed by atoms with Gasteiger partial charge >= 0.3 is 0 Å². The third kappa shape index (κ3) is 2.67. The van der Waals surface area contributed by atoms with Crippen LogP contribution >= 0.6 is 11.3 Å². The zero-order valence-corrected chi connectivity index (χ0v) is 11.0. The van der Waals surface area contributed by atoms with Crippen LogP contribution in [-0.2, 0) is 0 Å². The van der Waals surface area contributed by atoms with E-state index in [0.29, 0.717) is 5.92 Å². The molecule has 1 atom stereocenters. The van der Waals surface area contributed by atoms with Gasteiger partial charge in [0.15, 0.2) is 0 Å². The molecular weight excluding hydrogens is 216 g/mol. The van der Waals surface area contributed by atoms with Gasteiger partial charge in [0.1, 0.15) is 0 Å². The molecule has 1 aromatic heterocycles. The van der Waals surface area contributed by atoms with Crippen molar-refractivity contribution in [3.05, 3.63) is 22.4 Å². The van der Waals surface area contributed by atoms with Crippen LogP contribution in [0.25, 0.3) is 0 Å². The Morgan fingerprint density at radius 3 is 2.31 bits per heavy atom. The van der Waals surface area contributed by atoms with Crippen molar-refractivity contribution in [3.8, 4) is 0 Å². The Hall–Kier alpha value is -0.340. The van der Waals surface area contributed by atoms with Crippen LogP contribution in [0.4, 0.5) is 0 Å². The minimum absolute atomic E-state index is 0.215. The van der Waals surface area contributed by atoms with Gasteiger partial charge < -0.3 is 5.11 Å². The molecule has 1 nitrogen and oxygen atoms in total. The van der Waals surface area contributed by atoms with Crippen molar-refractivity contribution < 1.29 is 5.11 Å². The topological polar surface area (TPSA) is 20.2 Å². The average molecular weight is 238 g/mol. The largest absolute Gasteiger partial charge is 0.387 e. The van der Waals surface area contributed by atoms with E-state index in [4.69, 9.17) is 0 Å². The van der Waals surface area contributed by atoms with Crippen molar-refractivity contribution in [2.24, 2.45) is 17.8 Å². The second-order valence-electron chi connectivity index (χ2n) is 5.38. The molecule has 2 heteroatoms. The van der Waals surface area contributed by atoms with E-state index in [1.165, 1.54) is 25.7 Å². The third-order valence-electron chi connectivity index (χ3n) is 4.04. The van der Waals surface area contributed by atoms with Crippen molar-refractivity contribution in [2.75, 3.05) is 0 Å². The number of rotatable bonds is 3. The summed E-state index contributed by atoms with van der Waals surface area (Å²) < 4.78 is 0. The maximum absolute atomic E-state index is 10.3. The molecule has 90 valence electrons. The predicted molar refractivity (Wildman–Crippen MR) is 69.6 cm³/mol. The molecule has 1 aliphatic carbocycles. The van der Waals surface area contributed by atoms with Crippen LogP contribution in [0.1, 0.15) is 50.5 Å². The zero-order chi connectivity index (χ0) is 11.5. The highest BCUT2D eigenvalue weighted by Gasteiger charge is 2.28. The lowest BCUT2D eigenvalue weighted by atomic mass is 9.75. The van der Waals surface area contributed by atoms with E-state index in [1.807, 2.05) is 6.07 Å². The van der Waals surface area contributed by atoms with Crippen molar-refractivity contribution >= 4 is 11.3 Å². The lowest BCUT2D eigenvalue weighted by Gasteiger charge is -2.33. The normalized spacial score (nSPS) is 28.2. The molecule has 0 aromatic carbocycles. The fraction of sp³-hybridized carbons (Fsp3) is 0.714. The van der Waals surface area contributed by atoms with Gasteiger partial charge in [-0.2, -0.15) is 0 Å². The molecule has 1 fully saturated rings. The Morgan fingerprint density at radius 1 is 1.19 bits per heavy atom. The van der Waals surface area contributed by atoms with E-state index >= 15 is 0 Å². The maximum atomic E-state index is 10.3. The molecule has 1 aromatic rings. The monoisotopic (exact) mass is 238 g/mol. The first-order chi connectivity index (χ1) is 7.68. The fourth-order valence-electron chi connectivity index (χ4n) is 2.82. The van der Waals surface area contributed by atoms with E-state index < -0.39 is 0 Å². The SMILES string of the molecule is CC(C)C1CCC(C(O)c2cccs2)CC1.